The van der Waals surface area contributed by atoms with Gasteiger partial charge in [0.1, 0.15) is 11.3 Å². The Kier molecular flexibility index (Phi) is 6.31. The number of carbonyl (C=O) groups excluding carboxylic acids is 2. The highest BCUT2D eigenvalue weighted by Crippen LogP contribution is 2.23. The van der Waals surface area contributed by atoms with Gasteiger partial charge in [-0.1, -0.05) is 18.5 Å². The molecule has 1 rings (SSSR count). The van der Waals surface area contributed by atoms with Crippen LogP contribution < -0.4 is 10.1 Å². The van der Waals surface area contributed by atoms with Crippen LogP contribution in [0.4, 0.5) is 0 Å². The molecule has 1 N–H and O–H groups in total. The average Bonchev–Trinajstić information content (AvgIpc) is 2.44. The molecule has 0 aliphatic heterocycles. The van der Waals surface area contributed by atoms with Crippen LogP contribution in [-0.4, -0.2) is 31.6 Å². The SMILES string of the molecule is CCCNC(=O)[C@@H](C)OC(=O)c1cc(Cl)ccc1OC. The number of hydrogen-bond donors (Lipinski definition) is 1. The highest BCUT2D eigenvalue weighted by Gasteiger charge is 2.21. The van der Waals surface area contributed by atoms with Crippen LogP contribution in [0.5, 0.6) is 5.75 Å². The second-order valence-electron chi connectivity index (χ2n) is 4.18. The Morgan fingerprint density at radius 2 is 2.10 bits per heavy atom. The average molecular weight is 300 g/mol. The van der Waals surface area contributed by atoms with Crippen molar-refractivity contribution in [2.75, 3.05) is 13.7 Å². The van der Waals surface area contributed by atoms with Gasteiger partial charge in [-0.25, -0.2) is 4.79 Å². The van der Waals surface area contributed by atoms with Gasteiger partial charge in [0.25, 0.3) is 5.91 Å². The lowest BCUT2D eigenvalue weighted by atomic mass is 10.2. The molecule has 1 aromatic carbocycles. The Morgan fingerprint density at radius 3 is 2.70 bits per heavy atom. The molecule has 0 fully saturated rings. The molecule has 1 amide bonds. The largest absolute Gasteiger partial charge is 0.496 e. The number of esters is 1. The van der Waals surface area contributed by atoms with Crippen molar-refractivity contribution in [3.05, 3.63) is 28.8 Å². The summed E-state index contributed by atoms with van der Waals surface area (Å²) in [6, 6.07) is 4.62. The van der Waals surface area contributed by atoms with Crippen LogP contribution in [0.15, 0.2) is 18.2 Å². The number of carbonyl (C=O) groups is 2. The Labute approximate surface area is 123 Å². The van der Waals surface area contributed by atoms with Crippen molar-refractivity contribution in [2.24, 2.45) is 0 Å². The number of amides is 1. The third-order valence-electron chi connectivity index (χ3n) is 2.58. The third kappa shape index (κ3) is 4.42. The predicted molar refractivity (Wildman–Crippen MR) is 76.2 cm³/mol. The summed E-state index contributed by atoms with van der Waals surface area (Å²) in [4.78, 5) is 23.7. The van der Waals surface area contributed by atoms with Crippen LogP contribution in [0.1, 0.15) is 30.6 Å². The fraction of sp³-hybridized carbons (Fsp3) is 0.429. The van der Waals surface area contributed by atoms with Gasteiger partial charge in [-0.3, -0.25) is 4.79 Å². The van der Waals surface area contributed by atoms with E-state index >= 15 is 0 Å². The molecule has 0 unspecified atom stereocenters. The first-order valence-electron chi connectivity index (χ1n) is 6.31. The van der Waals surface area contributed by atoms with Gasteiger partial charge in [-0.05, 0) is 31.5 Å². The van der Waals surface area contributed by atoms with Crippen LogP contribution in [0.25, 0.3) is 0 Å². The maximum atomic E-state index is 12.0. The smallest absolute Gasteiger partial charge is 0.342 e. The van der Waals surface area contributed by atoms with Crippen molar-refractivity contribution in [1.82, 2.24) is 5.32 Å². The molecule has 1 aromatic rings. The number of nitrogens with one attached hydrogen (secondary N) is 1. The van der Waals surface area contributed by atoms with Crippen molar-refractivity contribution in [3.8, 4) is 5.75 Å². The summed E-state index contributed by atoms with van der Waals surface area (Å²) >= 11 is 5.84. The third-order valence-corrected chi connectivity index (χ3v) is 2.82. The van der Waals surface area contributed by atoms with Crippen LogP contribution in [-0.2, 0) is 9.53 Å². The van der Waals surface area contributed by atoms with Crippen LogP contribution in [0.3, 0.4) is 0 Å². The molecule has 1 atom stereocenters. The van der Waals surface area contributed by atoms with E-state index in [0.717, 1.165) is 6.42 Å². The van der Waals surface area contributed by atoms with Gasteiger partial charge in [-0.15, -0.1) is 0 Å². The molecule has 5 nitrogen and oxygen atoms in total. The van der Waals surface area contributed by atoms with E-state index in [9.17, 15) is 9.59 Å². The van der Waals surface area contributed by atoms with E-state index in [0.29, 0.717) is 17.3 Å². The molecule has 0 saturated heterocycles. The number of rotatable bonds is 6. The van der Waals surface area contributed by atoms with Crippen LogP contribution in [0, 0.1) is 0 Å². The summed E-state index contributed by atoms with van der Waals surface area (Å²) in [6.07, 6.45) is -0.0631. The van der Waals surface area contributed by atoms with Gasteiger partial charge in [0.05, 0.1) is 7.11 Å². The molecule has 0 saturated carbocycles. The molecular weight excluding hydrogens is 282 g/mol. The van der Waals surface area contributed by atoms with Gasteiger partial charge in [0.2, 0.25) is 0 Å². The minimum absolute atomic E-state index is 0.190. The highest BCUT2D eigenvalue weighted by molar-refractivity contribution is 6.31. The molecular formula is C14H18ClNO4. The van der Waals surface area contributed by atoms with Crippen molar-refractivity contribution < 1.29 is 19.1 Å². The minimum Gasteiger partial charge on any atom is -0.496 e. The number of methoxy groups -OCH3 is 1. The molecule has 0 bridgehead atoms. The summed E-state index contributed by atoms with van der Waals surface area (Å²) in [5.74, 6) is -0.634. The predicted octanol–water partition coefficient (Wildman–Crippen LogP) is 2.42. The molecule has 20 heavy (non-hydrogen) atoms. The lowest BCUT2D eigenvalue weighted by molar-refractivity contribution is -0.129. The Balaban J connectivity index is 2.75. The summed E-state index contributed by atoms with van der Waals surface area (Å²) in [5.41, 5.74) is 0.190. The lowest BCUT2D eigenvalue weighted by Crippen LogP contribution is -2.36. The molecule has 0 aromatic heterocycles. The Morgan fingerprint density at radius 1 is 1.40 bits per heavy atom. The minimum atomic E-state index is -0.877. The summed E-state index contributed by atoms with van der Waals surface area (Å²) in [5, 5.41) is 3.05. The molecule has 0 aliphatic carbocycles. The molecule has 0 heterocycles. The van der Waals surface area contributed by atoms with E-state index in [2.05, 4.69) is 5.32 Å². The van der Waals surface area contributed by atoms with Crippen LogP contribution >= 0.6 is 11.6 Å². The normalized spacial score (nSPS) is 11.6. The fourth-order valence-electron chi connectivity index (χ4n) is 1.51. The number of halogens is 1. The summed E-state index contributed by atoms with van der Waals surface area (Å²) < 4.78 is 10.2. The first kappa shape index (κ1) is 16.3. The topological polar surface area (TPSA) is 64.6 Å². The van der Waals surface area contributed by atoms with E-state index < -0.39 is 12.1 Å². The van der Waals surface area contributed by atoms with Crippen molar-refractivity contribution in [3.63, 3.8) is 0 Å². The van der Waals surface area contributed by atoms with E-state index in [4.69, 9.17) is 21.1 Å². The second-order valence-corrected chi connectivity index (χ2v) is 4.62. The second kappa shape index (κ2) is 7.75. The van der Waals surface area contributed by atoms with Gasteiger partial charge < -0.3 is 14.8 Å². The van der Waals surface area contributed by atoms with Crippen molar-refractivity contribution >= 4 is 23.5 Å². The molecule has 6 heteroatoms. The van der Waals surface area contributed by atoms with Crippen molar-refractivity contribution in [2.45, 2.75) is 26.4 Å². The Bertz CT molecular complexity index is 490. The van der Waals surface area contributed by atoms with Crippen molar-refractivity contribution in [1.29, 1.82) is 0 Å². The highest BCUT2D eigenvalue weighted by atomic mass is 35.5. The Hall–Kier alpha value is -1.75. The summed E-state index contributed by atoms with van der Waals surface area (Å²) in [6.45, 7) is 3.99. The maximum Gasteiger partial charge on any atom is 0.342 e. The molecule has 0 aliphatic rings. The van der Waals surface area contributed by atoms with Gasteiger partial charge in [-0.2, -0.15) is 0 Å². The standard InChI is InChI=1S/C14H18ClNO4/c1-4-7-16-13(17)9(2)20-14(18)11-8-10(15)5-6-12(11)19-3/h5-6,8-9H,4,7H2,1-3H3,(H,16,17)/t9-/m1/s1. The van der Waals surface area contributed by atoms with E-state index in [1.54, 1.807) is 12.1 Å². The lowest BCUT2D eigenvalue weighted by Gasteiger charge is -2.14. The van der Waals surface area contributed by atoms with E-state index in [1.807, 2.05) is 6.92 Å². The molecule has 0 radical (unpaired) electrons. The first-order valence-corrected chi connectivity index (χ1v) is 6.69. The number of hydrogen-bond acceptors (Lipinski definition) is 4. The van der Waals surface area contributed by atoms with Gasteiger partial charge >= 0.3 is 5.97 Å². The van der Waals surface area contributed by atoms with Gasteiger partial charge in [0, 0.05) is 11.6 Å². The zero-order valence-electron chi connectivity index (χ0n) is 11.7. The number of benzene rings is 1. The fourth-order valence-corrected chi connectivity index (χ4v) is 1.68. The summed E-state index contributed by atoms with van der Waals surface area (Å²) in [7, 11) is 1.44. The maximum absolute atomic E-state index is 12.0. The van der Waals surface area contributed by atoms with E-state index in [1.165, 1.54) is 20.1 Å². The van der Waals surface area contributed by atoms with Gasteiger partial charge in [0.15, 0.2) is 6.10 Å². The molecule has 0 spiro atoms. The zero-order chi connectivity index (χ0) is 15.1. The zero-order valence-corrected chi connectivity index (χ0v) is 12.5. The first-order chi connectivity index (χ1) is 9.49. The number of ether oxygens (including phenoxy) is 2. The van der Waals surface area contributed by atoms with E-state index in [-0.39, 0.29) is 11.5 Å². The molecule has 110 valence electrons. The quantitative estimate of drug-likeness (QED) is 0.819. The monoisotopic (exact) mass is 299 g/mol. The van der Waals surface area contributed by atoms with Crippen LogP contribution in [0.2, 0.25) is 5.02 Å².